The zero-order valence-electron chi connectivity index (χ0n) is 7.28. The zero-order chi connectivity index (χ0) is 9.19. The van der Waals surface area contributed by atoms with Crippen LogP contribution in [0.25, 0.3) is 0 Å². The van der Waals surface area contributed by atoms with Crippen molar-refractivity contribution in [1.82, 2.24) is 0 Å². The highest BCUT2D eigenvalue weighted by Crippen LogP contribution is 2.08. The summed E-state index contributed by atoms with van der Waals surface area (Å²) in [5.41, 5.74) is 1.08. The van der Waals surface area contributed by atoms with E-state index < -0.39 is 9.71 Å². The van der Waals surface area contributed by atoms with Gasteiger partial charge in [-0.15, -0.1) is 0 Å². The fourth-order valence-electron chi connectivity index (χ4n) is 0.950. The molecule has 3 heteroatoms. The minimum Gasteiger partial charge on any atom is -0.255 e. The molecule has 0 aromatic heterocycles. The monoisotopic (exact) mass is 183 g/mol. The Balaban J connectivity index is 3.31. The maximum Gasteiger partial charge on any atom is 0.0535 e. The van der Waals surface area contributed by atoms with Crippen LogP contribution in [0.3, 0.4) is 0 Å². The molecular formula is C9H13NOS. The second-order valence-electron chi connectivity index (χ2n) is 2.70. The van der Waals surface area contributed by atoms with Gasteiger partial charge in [-0.1, -0.05) is 12.1 Å². The summed E-state index contributed by atoms with van der Waals surface area (Å²) in [6.45, 7) is 3.67. The van der Waals surface area contributed by atoms with Gasteiger partial charge in [0.2, 0.25) is 0 Å². The summed E-state index contributed by atoms with van der Waals surface area (Å²) in [6, 6.07) is 7.45. The van der Waals surface area contributed by atoms with E-state index in [4.69, 9.17) is 5.14 Å². The van der Waals surface area contributed by atoms with Gasteiger partial charge in [0.1, 0.15) is 0 Å². The lowest BCUT2D eigenvalue weighted by molar-refractivity contribution is 0.682. The Bertz CT molecular complexity index is 389. The molecule has 1 atom stereocenters. The standard InChI is InChI=1S/C9H13NOS/c1-3-12(10,11)9-6-4-5-8(2)7-9/h3-7H,1-2H3,(H2,10,11). The topological polar surface area (TPSA) is 43.1 Å². The van der Waals surface area contributed by atoms with Gasteiger partial charge in [0.15, 0.2) is 0 Å². The van der Waals surface area contributed by atoms with E-state index in [1.165, 1.54) is 0 Å². The molecule has 1 aromatic carbocycles. The van der Waals surface area contributed by atoms with Crippen molar-refractivity contribution in [3.8, 4) is 0 Å². The molecule has 0 radical (unpaired) electrons. The number of aryl methyl sites for hydroxylation is 1. The molecule has 0 spiro atoms. The Kier molecular flexibility index (Phi) is 2.55. The van der Waals surface area contributed by atoms with Gasteiger partial charge in [-0.3, -0.25) is 5.14 Å². The van der Waals surface area contributed by atoms with Crippen molar-refractivity contribution in [2.24, 2.45) is 5.14 Å². The number of benzene rings is 1. The summed E-state index contributed by atoms with van der Waals surface area (Å²) < 4.78 is 11.6. The fourth-order valence-corrected chi connectivity index (χ4v) is 1.88. The highest BCUT2D eigenvalue weighted by Gasteiger charge is 2.01. The number of hydrogen-bond donors (Lipinski definition) is 1. The Hall–Kier alpha value is -0.800. The van der Waals surface area contributed by atoms with Crippen molar-refractivity contribution in [2.45, 2.75) is 18.7 Å². The largest absolute Gasteiger partial charge is 0.255 e. The summed E-state index contributed by atoms with van der Waals surface area (Å²) in [5, 5.41) is 7.12. The third-order valence-electron chi connectivity index (χ3n) is 1.71. The molecule has 0 amide bonds. The summed E-state index contributed by atoms with van der Waals surface area (Å²) in [5.74, 6) is 0. The van der Waals surface area contributed by atoms with E-state index in [1.54, 1.807) is 18.4 Å². The van der Waals surface area contributed by atoms with Crippen molar-refractivity contribution in [3.05, 3.63) is 29.8 Å². The Morgan fingerprint density at radius 2 is 2.17 bits per heavy atom. The minimum absolute atomic E-state index is 0.699. The van der Waals surface area contributed by atoms with Crippen LogP contribution in [0.4, 0.5) is 0 Å². The lowest BCUT2D eigenvalue weighted by Gasteiger charge is -2.04. The first-order valence-electron chi connectivity index (χ1n) is 3.74. The molecule has 2 N–H and O–H groups in total. The van der Waals surface area contributed by atoms with Crippen LogP contribution in [-0.4, -0.2) is 9.58 Å². The molecule has 1 rings (SSSR count). The van der Waals surface area contributed by atoms with E-state index in [-0.39, 0.29) is 0 Å². The van der Waals surface area contributed by atoms with Gasteiger partial charge >= 0.3 is 0 Å². The molecule has 0 aliphatic rings. The van der Waals surface area contributed by atoms with E-state index >= 15 is 0 Å². The van der Waals surface area contributed by atoms with E-state index in [9.17, 15) is 4.21 Å². The third-order valence-corrected chi connectivity index (χ3v) is 3.40. The molecule has 0 saturated carbocycles. The van der Waals surface area contributed by atoms with E-state index in [1.807, 2.05) is 25.1 Å². The molecule has 12 heavy (non-hydrogen) atoms. The smallest absolute Gasteiger partial charge is 0.0535 e. The molecule has 0 fully saturated rings. The summed E-state index contributed by atoms with van der Waals surface area (Å²) >= 11 is 0. The number of nitrogens with two attached hydrogens (primary N) is 1. The maximum absolute atomic E-state index is 11.6. The lowest BCUT2D eigenvalue weighted by Crippen LogP contribution is -2.14. The highest BCUT2D eigenvalue weighted by atomic mass is 32.2. The summed E-state index contributed by atoms with van der Waals surface area (Å²) in [7, 11) is -2.40. The second kappa shape index (κ2) is 3.29. The van der Waals surface area contributed by atoms with Crippen LogP contribution in [0.15, 0.2) is 29.2 Å². The van der Waals surface area contributed by atoms with E-state index in [0.29, 0.717) is 4.90 Å². The van der Waals surface area contributed by atoms with Crippen molar-refractivity contribution >= 4 is 15.1 Å². The normalized spacial score (nSPS) is 15.2. The highest BCUT2D eigenvalue weighted by molar-refractivity contribution is 7.99. The van der Waals surface area contributed by atoms with Crippen LogP contribution in [0.2, 0.25) is 0 Å². The SMILES string of the molecule is CC=S(N)(=O)c1cccc(C)c1. The molecule has 0 bridgehead atoms. The van der Waals surface area contributed by atoms with Gasteiger partial charge < -0.3 is 0 Å². The van der Waals surface area contributed by atoms with Crippen LogP contribution < -0.4 is 5.14 Å². The average molecular weight is 183 g/mol. The molecule has 2 nitrogen and oxygen atoms in total. The Labute approximate surface area is 73.5 Å². The van der Waals surface area contributed by atoms with Gasteiger partial charge in [-0.25, -0.2) is 4.21 Å². The van der Waals surface area contributed by atoms with Crippen molar-refractivity contribution in [1.29, 1.82) is 0 Å². The predicted octanol–water partition coefficient (Wildman–Crippen LogP) is 1.33. The average Bonchev–Trinajstić information content (AvgIpc) is 2.05. The van der Waals surface area contributed by atoms with Crippen LogP contribution in [0.5, 0.6) is 0 Å². The van der Waals surface area contributed by atoms with Gasteiger partial charge in [-0.2, -0.15) is 0 Å². The van der Waals surface area contributed by atoms with Gasteiger partial charge in [0.25, 0.3) is 0 Å². The first-order valence-corrected chi connectivity index (χ1v) is 5.43. The van der Waals surface area contributed by atoms with Gasteiger partial charge in [0.05, 0.1) is 9.71 Å². The van der Waals surface area contributed by atoms with Crippen LogP contribution in [0, 0.1) is 6.92 Å². The summed E-state index contributed by atoms with van der Waals surface area (Å²) in [6.07, 6.45) is 0. The minimum atomic E-state index is -2.40. The number of rotatable bonds is 1. The molecule has 0 heterocycles. The van der Waals surface area contributed by atoms with Crippen LogP contribution in [-0.2, 0) is 9.71 Å². The first kappa shape index (κ1) is 9.29. The van der Waals surface area contributed by atoms with Crippen molar-refractivity contribution in [2.75, 3.05) is 0 Å². The van der Waals surface area contributed by atoms with E-state index in [2.05, 4.69) is 0 Å². The third kappa shape index (κ3) is 1.87. The second-order valence-corrected chi connectivity index (χ2v) is 4.94. The van der Waals surface area contributed by atoms with Gasteiger partial charge in [0, 0.05) is 4.90 Å². The lowest BCUT2D eigenvalue weighted by atomic mass is 10.2. The van der Waals surface area contributed by atoms with E-state index in [0.717, 1.165) is 5.56 Å². The molecule has 0 saturated heterocycles. The quantitative estimate of drug-likeness (QED) is 0.656. The maximum atomic E-state index is 11.6. The number of hydrogen-bond acceptors (Lipinski definition) is 1. The Morgan fingerprint density at radius 1 is 1.50 bits per heavy atom. The van der Waals surface area contributed by atoms with Crippen molar-refractivity contribution < 1.29 is 4.21 Å². The van der Waals surface area contributed by atoms with Crippen LogP contribution in [0.1, 0.15) is 12.5 Å². The predicted molar refractivity (Wildman–Crippen MR) is 53.5 cm³/mol. The molecule has 1 aromatic rings. The van der Waals surface area contributed by atoms with Crippen molar-refractivity contribution in [3.63, 3.8) is 0 Å². The fraction of sp³-hybridized carbons (Fsp3) is 0.222. The molecule has 66 valence electrons. The zero-order valence-corrected chi connectivity index (χ0v) is 8.10. The molecule has 0 aliphatic carbocycles. The molecular weight excluding hydrogens is 170 g/mol. The van der Waals surface area contributed by atoms with Gasteiger partial charge in [-0.05, 0) is 36.9 Å². The first-order chi connectivity index (χ1) is 5.56. The van der Waals surface area contributed by atoms with Crippen LogP contribution >= 0.6 is 0 Å². The Morgan fingerprint density at radius 3 is 2.67 bits per heavy atom. The summed E-state index contributed by atoms with van der Waals surface area (Å²) in [4.78, 5) is 0.699. The molecule has 0 aliphatic heterocycles. The molecule has 1 unspecified atom stereocenters.